The van der Waals surface area contributed by atoms with Gasteiger partial charge in [-0.1, -0.05) is 30.7 Å². The maximum atomic E-state index is 12.2. The van der Waals surface area contributed by atoms with E-state index >= 15 is 0 Å². The summed E-state index contributed by atoms with van der Waals surface area (Å²) in [4.78, 5) is 12.1. The van der Waals surface area contributed by atoms with Crippen LogP contribution in [0, 0.1) is 17.3 Å². The van der Waals surface area contributed by atoms with Gasteiger partial charge in [0.05, 0.1) is 44.2 Å². The Bertz CT molecular complexity index is 1100. The summed E-state index contributed by atoms with van der Waals surface area (Å²) in [6.07, 6.45) is 10.1. The number of carbonyl (C=O) groups is 1. The van der Waals surface area contributed by atoms with Crippen molar-refractivity contribution in [2.75, 3.05) is 26.9 Å². The summed E-state index contributed by atoms with van der Waals surface area (Å²) >= 11 is 0. The van der Waals surface area contributed by atoms with Gasteiger partial charge in [0.2, 0.25) is 0 Å². The first-order valence-electron chi connectivity index (χ1n) is 14.5. The Morgan fingerprint density at radius 1 is 1.16 bits per heavy atom. The molecule has 4 aliphatic carbocycles. The first-order valence-corrected chi connectivity index (χ1v) is 14.5. The van der Waals surface area contributed by atoms with Crippen molar-refractivity contribution < 1.29 is 28.8 Å². The van der Waals surface area contributed by atoms with Crippen LogP contribution in [0.5, 0.6) is 0 Å². The third-order valence-corrected chi connectivity index (χ3v) is 10.5. The van der Waals surface area contributed by atoms with E-state index in [1.807, 2.05) is 18.2 Å². The first kappa shape index (κ1) is 26.2. The normalized spacial score (nSPS) is 37.4. The Labute approximate surface area is 226 Å². The van der Waals surface area contributed by atoms with Gasteiger partial charge in [-0.2, -0.15) is 0 Å². The minimum Gasteiger partial charge on any atom is -0.465 e. The highest BCUT2D eigenvalue weighted by molar-refractivity contribution is 5.89. The van der Waals surface area contributed by atoms with Crippen LogP contribution in [0.2, 0.25) is 0 Å². The molecule has 3 saturated carbocycles. The minimum atomic E-state index is -0.884. The summed E-state index contributed by atoms with van der Waals surface area (Å²) in [7, 11) is 1.42. The second-order valence-corrected chi connectivity index (χ2v) is 12.4. The number of benzene rings is 1. The van der Waals surface area contributed by atoms with E-state index < -0.39 is 11.4 Å². The lowest BCUT2D eigenvalue weighted by Crippen LogP contribution is -2.53. The molecule has 6 rings (SSSR count). The van der Waals surface area contributed by atoms with Crippen molar-refractivity contribution in [3.63, 3.8) is 0 Å². The lowest BCUT2D eigenvalue weighted by atomic mass is 9.51. The fraction of sp³-hybridized carbons (Fsp3) is 0.656. The van der Waals surface area contributed by atoms with E-state index in [4.69, 9.17) is 18.9 Å². The van der Waals surface area contributed by atoms with E-state index in [1.165, 1.54) is 30.2 Å². The van der Waals surface area contributed by atoms with Crippen LogP contribution in [-0.4, -0.2) is 55.5 Å². The number of methoxy groups -OCH3 is 1. The highest BCUT2D eigenvalue weighted by atomic mass is 16.7. The molecule has 1 aromatic carbocycles. The summed E-state index contributed by atoms with van der Waals surface area (Å²) in [5.74, 6) is 0.201. The molecule has 0 radical (unpaired) electrons. The fourth-order valence-corrected chi connectivity index (χ4v) is 8.80. The summed E-state index contributed by atoms with van der Waals surface area (Å²) in [6, 6.07) is 7.95. The number of ether oxygens (including phenoxy) is 4. The van der Waals surface area contributed by atoms with Crippen LogP contribution in [0.25, 0.3) is 0 Å². The van der Waals surface area contributed by atoms with Crippen LogP contribution in [0.1, 0.15) is 86.6 Å². The first-order chi connectivity index (χ1) is 18.3. The molecule has 1 spiro atoms. The van der Waals surface area contributed by atoms with Crippen LogP contribution < -0.4 is 0 Å². The monoisotopic (exact) mass is 522 g/mol. The molecule has 6 heteroatoms. The molecule has 206 valence electrons. The van der Waals surface area contributed by atoms with Gasteiger partial charge in [0, 0.05) is 18.8 Å². The third-order valence-electron chi connectivity index (χ3n) is 10.5. The molecule has 1 N–H and O–H groups in total. The number of hydrogen-bond acceptors (Lipinski definition) is 6. The molecule has 6 atom stereocenters. The van der Waals surface area contributed by atoms with E-state index in [1.54, 1.807) is 0 Å². The average molecular weight is 523 g/mol. The topological polar surface area (TPSA) is 74.2 Å². The van der Waals surface area contributed by atoms with Gasteiger partial charge >= 0.3 is 5.97 Å². The van der Waals surface area contributed by atoms with Gasteiger partial charge in [0.25, 0.3) is 0 Å². The van der Waals surface area contributed by atoms with Crippen molar-refractivity contribution in [1.29, 1.82) is 0 Å². The fourth-order valence-electron chi connectivity index (χ4n) is 8.80. The summed E-state index contributed by atoms with van der Waals surface area (Å²) < 4.78 is 23.6. The predicted molar refractivity (Wildman–Crippen MR) is 144 cm³/mol. The van der Waals surface area contributed by atoms with Gasteiger partial charge in [-0.3, -0.25) is 0 Å². The van der Waals surface area contributed by atoms with Gasteiger partial charge in [0.1, 0.15) is 0 Å². The molecular weight excluding hydrogens is 480 g/mol. The molecular formula is C32H42O6. The van der Waals surface area contributed by atoms with Gasteiger partial charge in [-0.05, 0) is 85.5 Å². The zero-order chi connectivity index (χ0) is 26.5. The zero-order valence-corrected chi connectivity index (χ0v) is 22.9. The molecule has 1 aromatic rings. The Hall–Kier alpha value is -1.99. The number of rotatable bonds is 6. The highest BCUT2D eigenvalue weighted by Crippen LogP contribution is 2.66. The quantitative estimate of drug-likeness (QED) is 0.293. The zero-order valence-electron chi connectivity index (χ0n) is 22.9. The van der Waals surface area contributed by atoms with Gasteiger partial charge in [0.15, 0.2) is 5.79 Å². The Morgan fingerprint density at radius 2 is 1.92 bits per heavy atom. The summed E-state index contributed by atoms with van der Waals surface area (Å²) in [5, 5.41) is 12.2. The van der Waals surface area contributed by atoms with Crippen molar-refractivity contribution >= 4 is 5.97 Å². The SMILES string of the molecule is C=CCCOC1CCC2C3CCC4(O)CC5(CCC4=C3C(c3ccc(C(=O)OC)cc3)CC12C)OCCO5. The van der Waals surface area contributed by atoms with Crippen LogP contribution in [0.15, 0.2) is 48.1 Å². The Kier molecular flexibility index (Phi) is 6.83. The molecule has 5 aliphatic rings. The maximum Gasteiger partial charge on any atom is 0.337 e. The van der Waals surface area contributed by atoms with Crippen LogP contribution in [0.4, 0.5) is 0 Å². The number of aliphatic hydroxyl groups is 1. The number of hydrogen-bond donors (Lipinski definition) is 1. The molecule has 38 heavy (non-hydrogen) atoms. The molecule has 4 fully saturated rings. The second kappa shape index (κ2) is 9.88. The van der Waals surface area contributed by atoms with Crippen molar-refractivity contribution in [2.45, 2.75) is 88.1 Å². The highest BCUT2D eigenvalue weighted by Gasteiger charge is 2.60. The second-order valence-electron chi connectivity index (χ2n) is 12.4. The summed E-state index contributed by atoms with van der Waals surface area (Å²) in [6.45, 7) is 8.23. The minimum absolute atomic E-state index is 0.0601. The lowest BCUT2D eigenvalue weighted by Gasteiger charge is -2.56. The van der Waals surface area contributed by atoms with E-state index in [9.17, 15) is 9.90 Å². The molecule has 0 bridgehead atoms. The molecule has 6 nitrogen and oxygen atoms in total. The Balaban J connectivity index is 1.41. The van der Waals surface area contributed by atoms with Crippen molar-refractivity contribution in [2.24, 2.45) is 17.3 Å². The Morgan fingerprint density at radius 3 is 2.63 bits per heavy atom. The van der Waals surface area contributed by atoms with Gasteiger partial charge < -0.3 is 24.1 Å². The van der Waals surface area contributed by atoms with Crippen molar-refractivity contribution in [1.82, 2.24) is 0 Å². The number of esters is 1. The molecule has 6 unspecified atom stereocenters. The molecule has 0 aromatic heterocycles. The van der Waals surface area contributed by atoms with E-state index in [2.05, 4.69) is 25.6 Å². The standard InChI is InChI=1S/C32H42O6/c1-4-5-16-36-27-11-10-25-23-12-14-31(34)20-32(37-17-18-38-32)15-13-26(31)28(23)24(19-30(25,27)2)21-6-8-22(9-7-21)29(33)35-3/h4,6-9,23-25,27,34H,1,5,10-20H2,2-3H3. The summed E-state index contributed by atoms with van der Waals surface area (Å²) in [5.41, 5.74) is 3.63. The average Bonchev–Trinajstić information content (AvgIpc) is 3.51. The largest absolute Gasteiger partial charge is 0.465 e. The van der Waals surface area contributed by atoms with E-state index in [0.29, 0.717) is 37.0 Å². The molecule has 1 heterocycles. The van der Waals surface area contributed by atoms with Gasteiger partial charge in [-0.15, -0.1) is 6.58 Å². The van der Waals surface area contributed by atoms with Gasteiger partial charge in [-0.25, -0.2) is 4.79 Å². The van der Waals surface area contributed by atoms with Crippen LogP contribution in [-0.2, 0) is 18.9 Å². The van der Waals surface area contributed by atoms with Crippen molar-refractivity contribution in [3.05, 3.63) is 59.2 Å². The van der Waals surface area contributed by atoms with E-state index in [0.717, 1.165) is 51.6 Å². The lowest BCUT2D eigenvalue weighted by molar-refractivity contribution is -0.208. The van der Waals surface area contributed by atoms with Crippen LogP contribution in [0.3, 0.4) is 0 Å². The smallest absolute Gasteiger partial charge is 0.337 e. The predicted octanol–water partition coefficient (Wildman–Crippen LogP) is 5.70. The van der Waals surface area contributed by atoms with Crippen molar-refractivity contribution in [3.8, 4) is 0 Å². The third kappa shape index (κ3) is 4.19. The number of carbonyl (C=O) groups excluding carboxylic acids is 1. The maximum absolute atomic E-state index is 12.2. The number of allylic oxidation sites excluding steroid dienone is 1. The number of fused-ring (bicyclic) bond motifs is 4. The molecule has 1 saturated heterocycles. The molecule has 0 amide bonds. The van der Waals surface area contributed by atoms with Crippen LogP contribution >= 0.6 is 0 Å². The molecule has 1 aliphatic heterocycles. The van der Waals surface area contributed by atoms with E-state index in [-0.39, 0.29) is 23.4 Å².